The van der Waals surface area contributed by atoms with Gasteiger partial charge in [0, 0.05) is 25.4 Å². The van der Waals surface area contributed by atoms with Gasteiger partial charge in [-0.2, -0.15) is 0 Å². The van der Waals surface area contributed by atoms with Crippen LogP contribution in [0, 0.1) is 11.8 Å². The number of likely N-dealkylation sites (tertiary alicyclic amines) is 1. The zero-order valence-corrected chi connectivity index (χ0v) is 10.7. The minimum absolute atomic E-state index is 0.0217. The standard InChI is InChI=1S/C13H24FNO/c1-10-5-4-7-15(9-10)13(3)11(2)12(14)6-8-16-13/h10-12H,4-9H2,1-3H3/t10-,11?,12-,13?/m0/s1. The molecule has 2 aliphatic rings. The van der Waals surface area contributed by atoms with Crippen molar-refractivity contribution < 1.29 is 9.13 Å². The number of hydrogen-bond acceptors (Lipinski definition) is 2. The summed E-state index contributed by atoms with van der Waals surface area (Å²) in [7, 11) is 0. The first-order valence-corrected chi connectivity index (χ1v) is 6.57. The largest absolute Gasteiger partial charge is 0.360 e. The number of halogens is 1. The summed E-state index contributed by atoms with van der Waals surface area (Å²) < 4.78 is 19.7. The zero-order chi connectivity index (χ0) is 11.8. The summed E-state index contributed by atoms with van der Waals surface area (Å²) in [5, 5.41) is 0. The van der Waals surface area contributed by atoms with Crippen LogP contribution in [0.4, 0.5) is 4.39 Å². The van der Waals surface area contributed by atoms with Crippen LogP contribution in [0.25, 0.3) is 0 Å². The predicted octanol–water partition coefficient (Wildman–Crippen LogP) is 2.83. The monoisotopic (exact) mass is 229 g/mol. The number of hydrogen-bond donors (Lipinski definition) is 0. The summed E-state index contributed by atoms with van der Waals surface area (Å²) in [4.78, 5) is 2.36. The third kappa shape index (κ3) is 2.12. The highest BCUT2D eigenvalue weighted by Crippen LogP contribution is 2.37. The molecule has 2 fully saturated rings. The lowest BCUT2D eigenvalue weighted by molar-refractivity contribution is -0.223. The van der Waals surface area contributed by atoms with Gasteiger partial charge in [-0.25, -0.2) is 4.39 Å². The van der Waals surface area contributed by atoms with Crippen molar-refractivity contribution in [3.05, 3.63) is 0 Å². The second-order valence-corrected chi connectivity index (χ2v) is 5.69. The van der Waals surface area contributed by atoms with Crippen LogP contribution in [-0.4, -0.2) is 36.5 Å². The SMILES string of the molecule is CC1[C@@H](F)CCOC1(C)N1CCC[C@H](C)C1. The number of piperidine rings is 1. The lowest BCUT2D eigenvalue weighted by atomic mass is 9.86. The maximum absolute atomic E-state index is 13.8. The highest BCUT2D eigenvalue weighted by atomic mass is 19.1. The summed E-state index contributed by atoms with van der Waals surface area (Å²) in [6.07, 6.45) is 2.35. The highest BCUT2D eigenvalue weighted by molar-refractivity contribution is 4.91. The van der Waals surface area contributed by atoms with Crippen molar-refractivity contribution in [1.82, 2.24) is 4.90 Å². The van der Waals surface area contributed by atoms with Gasteiger partial charge in [-0.3, -0.25) is 4.90 Å². The molecule has 2 heterocycles. The minimum Gasteiger partial charge on any atom is -0.360 e. The second kappa shape index (κ2) is 4.61. The van der Waals surface area contributed by atoms with E-state index in [1.54, 1.807) is 0 Å². The Bertz CT molecular complexity index is 248. The Labute approximate surface area is 98.1 Å². The molecular formula is C13H24FNO. The van der Waals surface area contributed by atoms with Gasteiger partial charge in [-0.1, -0.05) is 13.8 Å². The first kappa shape index (κ1) is 12.3. The summed E-state index contributed by atoms with van der Waals surface area (Å²) in [6, 6.07) is 0. The average Bonchev–Trinajstić information content (AvgIpc) is 2.26. The smallest absolute Gasteiger partial charge is 0.124 e. The van der Waals surface area contributed by atoms with Gasteiger partial charge < -0.3 is 4.74 Å². The summed E-state index contributed by atoms with van der Waals surface area (Å²) in [5.41, 5.74) is -0.383. The molecule has 16 heavy (non-hydrogen) atoms. The zero-order valence-electron chi connectivity index (χ0n) is 10.7. The van der Waals surface area contributed by atoms with Crippen molar-refractivity contribution in [1.29, 1.82) is 0 Å². The lowest BCUT2D eigenvalue weighted by Gasteiger charge is -2.51. The molecule has 2 rings (SSSR count). The Morgan fingerprint density at radius 2 is 2.06 bits per heavy atom. The quantitative estimate of drug-likeness (QED) is 0.685. The van der Waals surface area contributed by atoms with Crippen molar-refractivity contribution in [3.8, 4) is 0 Å². The fourth-order valence-electron chi connectivity index (χ4n) is 3.07. The Morgan fingerprint density at radius 3 is 2.75 bits per heavy atom. The van der Waals surface area contributed by atoms with E-state index in [1.807, 2.05) is 6.92 Å². The lowest BCUT2D eigenvalue weighted by Crippen LogP contribution is -2.60. The van der Waals surface area contributed by atoms with Crippen molar-refractivity contribution in [3.63, 3.8) is 0 Å². The van der Waals surface area contributed by atoms with Gasteiger partial charge in [0.15, 0.2) is 0 Å². The van der Waals surface area contributed by atoms with Crippen molar-refractivity contribution >= 4 is 0 Å². The molecule has 0 aromatic rings. The fraction of sp³-hybridized carbons (Fsp3) is 1.00. The molecule has 4 atom stereocenters. The first-order valence-electron chi connectivity index (χ1n) is 6.57. The molecule has 0 bridgehead atoms. The molecule has 0 aromatic heterocycles. The molecular weight excluding hydrogens is 205 g/mol. The van der Waals surface area contributed by atoms with E-state index in [0.717, 1.165) is 13.1 Å². The predicted molar refractivity (Wildman–Crippen MR) is 63.0 cm³/mol. The summed E-state index contributed by atoms with van der Waals surface area (Å²) in [6.45, 7) is 9.00. The van der Waals surface area contributed by atoms with Crippen LogP contribution < -0.4 is 0 Å². The molecule has 0 saturated carbocycles. The van der Waals surface area contributed by atoms with Crippen LogP contribution >= 0.6 is 0 Å². The van der Waals surface area contributed by atoms with Crippen LogP contribution in [0.1, 0.15) is 40.0 Å². The van der Waals surface area contributed by atoms with E-state index in [2.05, 4.69) is 18.7 Å². The van der Waals surface area contributed by atoms with Crippen molar-refractivity contribution in [2.45, 2.75) is 51.9 Å². The molecule has 2 unspecified atom stereocenters. The Balaban J connectivity index is 2.09. The molecule has 0 amide bonds. The molecule has 3 heteroatoms. The average molecular weight is 229 g/mol. The van der Waals surface area contributed by atoms with Gasteiger partial charge in [-0.15, -0.1) is 0 Å². The molecule has 2 aliphatic heterocycles. The van der Waals surface area contributed by atoms with E-state index in [9.17, 15) is 4.39 Å². The number of ether oxygens (including phenoxy) is 1. The van der Waals surface area contributed by atoms with Gasteiger partial charge in [0.2, 0.25) is 0 Å². The fourth-order valence-corrected chi connectivity index (χ4v) is 3.07. The first-order chi connectivity index (χ1) is 7.54. The third-order valence-corrected chi connectivity index (χ3v) is 4.46. The molecule has 0 spiro atoms. The topological polar surface area (TPSA) is 12.5 Å². The Morgan fingerprint density at radius 1 is 1.31 bits per heavy atom. The maximum atomic E-state index is 13.8. The summed E-state index contributed by atoms with van der Waals surface area (Å²) in [5.74, 6) is 0.688. The van der Waals surface area contributed by atoms with Crippen LogP contribution in [-0.2, 0) is 4.74 Å². The minimum atomic E-state index is -0.712. The highest BCUT2D eigenvalue weighted by Gasteiger charge is 2.46. The number of alkyl halides is 1. The van der Waals surface area contributed by atoms with Gasteiger partial charge in [0.25, 0.3) is 0 Å². The Kier molecular flexibility index (Phi) is 3.55. The van der Waals surface area contributed by atoms with E-state index in [4.69, 9.17) is 4.74 Å². The van der Waals surface area contributed by atoms with Crippen LogP contribution in [0.15, 0.2) is 0 Å². The van der Waals surface area contributed by atoms with Gasteiger partial charge in [-0.05, 0) is 25.7 Å². The third-order valence-electron chi connectivity index (χ3n) is 4.46. The van der Waals surface area contributed by atoms with Gasteiger partial charge in [0.05, 0.1) is 6.61 Å². The van der Waals surface area contributed by atoms with E-state index >= 15 is 0 Å². The van der Waals surface area contributed by atoms with Crippen molar-refractivity contribution in [2.75, 3.05) is 19.7 Å². The van der Waals surface area contributed by atoms with Crippen LogP contribution in [0.2, 0.25) is 0 Å². The Hall–Kier alpha value is -0.150. The molecule has 0 aromatic carbocycles. The van der Waals surface area contributed by atoms with Gasteiger partial charge >= 0.3 is 0 Å². The normalized spacial score (nSPS) is 46.9. The van der Waals surface area contributed by atoms with Crippen molar-refractivity contribution in [2.24, 2.45) is 11.8 Å². The number of nitrogens with zero attached hydrogens (tertiary/aromatic N) is 1. The second-order valence-electron chi connectivity index (χ2n) is 5.69. The molecule has 94 valence electrons. The van der Waals surface area contributed by atoms with E-state index in [-0.39, 0.29) is 11.6 Å². The molecule has 0 N–H and O–H groups in total. The maximum Gasteiger partial charge on any atom is 0.124 e. The summed E-state index contributed by atoms with van der Waals surface area (Å²) >= 11 is 0. The number of rotatable bonds is 1. The molecule has 0 aliphatic carbocycles. The van der Waals surface area contributed by atoms with E-state index < -0.39 is 6.17 Å². The van der Waals surface area contributed by atoms with Crippen LogP contribution in [0.5, 0.6) is 0 Å². The van der Waals surface area contributed by atoms with E-state index in [1.165, 1.54) is 12.8 Å². The molecule has 2 nitrogen and oxygen atoms in total. The van der Waals surface area contributed by atoms with Gasteiger partial charge in [0.1, 0.15) is 11.9 Å². The molecule has 0 radical (unpaired) electrons. The van der Waals surface area contributed by atoms with E-state index in [0.29, 0.717) is 18.9 Å². The molecule has 2 saturated heterocycles. The van der Waals surface area contributed by atoms with Crippen LogP contribution in [0.3, 0.4) is 0 Å².